The fourth-order valence-corrected chi connectivity index (χ4v) is 2.79. The van der Waals surface area contributed by atoms with Gasteiger partial charge in [-0.15, -0.1) is 0 Å². The Morgan fingerprint density at radius 2 is 1.77 bits per heavy atom. The van der Waals surface area contributed by atoms with E-state index in [1.807, 2.05) is 40.5 Å². The molecule has 2 aromatic rings. The monoisotopic (exact) mass is 322 g/mol. The molecule has 1 aromatic carbocycles. The van der Waals surface area contributed by atoms with E-state index in [1.54, 1.807) is 20.1 Å². The van der Waals surface area contributed by atoms with Crippen LogP contribution in [0, 0.1) is 13.8 Å². The average molecular weight is 322 g/mol. The van der Waals surface area contributed by atoms with Crippen molar-refractivity contribution in [2.24, 2.45) is 0 Å². The zero-order chi connectivity index (χ0) is 16.5. The Bertz CT molecular complexity index is 805. The second kappa shape index (κ2) is 5.84. The first-order valence-electron chi connectivity index (χ1n) is 6.58. The Labute approximate surface area is 129 Å². The first-order chi connectivity index (χ1) is 10.2. The van der Waals surface area contributed by atoms with Gasteiger partial charge in [0, 0.05) is 17.1 Å². The van der Waals surface area contributed by atoms with Crippen molar-refractivity contribution < 1.29 is 17.9 Å². The van der Waals surface area contributed by atoms with Crippen LogP contribution in [0.25, 0.3) is 5.69 Å². The van der Waals surface area contributed by atoms with Crippen molar-refractivity contribution in [1.82, 2.24) is 9.29 Å². The second-order valence-corrected chi connectivity index (χ2v) is 6.77. The number of nitrogens with zero attached hydrogens (tertiary/aromatic N) is 1. The topological polar surface area (TPSA) is 77.4 Å². The zero-order valence-electron chi connectivity index (χ0n) is 12.9. The van der Waals surface area contributed by atoms with Crippen molar-refractivity contribution in [2.45, 2.75) is 13.8 Å². The molecule has 1 N–H and O–H groups in total. The van der Waals surface area contributed by atoms with Crippen LogP contribution in [0.5, 0.6) is 5.75 Å². The molecule has 0 bridgehead atoms. The third-order valence-corrected chi connectivity index (χ3v) is 3.84. The van der Waals surface area contributed by atoms with Crippen molar-refractivity contribution in [3.05, 3.63) is 47.3 Å². The minimum atomic E-state index is -3.59. The third kappa shape index (κ3) is 3.30. The molecule has 118 valence electrons. The predicted molar refractivity (Wildman–Crippen MR) is 84.1 cm³/mol. The zero-order valence-corrected chi connectivity index (χ0v) is 13.7. The molecule has 0 aliphatic heterocycles. The molecule has 0 unspecified atom stereocenters. The molecular weight excluding hydrogens is 304 g/mol. The summed E-state index contributed by atoms with van der Waals surface area (Å²) in [5.41, 5.74) is 2.71. The number of nitrogens with one attached hydrogen (secondary N) is 1. The molecule has 0 atom stereocenters. The number of amides is 1. The molecule has 0 fully saturated rings. The number of methoxy groups -OCH3 is 1. The van der Waals surface area contributed by atoms with Crippen molar-refractivity contribution in [1.29, 1.82) is 0 Å². The van der Waals surface area contributed by atoms with E-state index in [0.717, 1.165) is 23.4 Å². The number of sulfonamides is 1. The number of hydrogen-bond acceptors (Lipinski definition) is 4. The molecule has 2 rings (SSSR count). The van der Waals surface area contributed by atoms with E-state index in [2.05, 4.69) is 0 Å². The van der Waals surface area contributed by atoms with Gasteiger partial charge in [0.2, 0.25) is 10.0 Å². The number of carbonyl (C=O) groups is 1. The number of aryl methyl sites for hydroxylation is 1. The third-order valence-electron chi connectivity index (χ3n) is 3.28. The van der Waals surface area contributed by atoms with Gasteiger partial charge in [0.1, 0.15) is 5.75 Å². The summed E-state index contributed by atoms with van der Waals surface area (Å²) in [6, 6.07) is 9.06. The van der Waals surface area contributed by atoms with Crippen LogP contribution in [-0.2, 0) is 10.0 Å². The van der Waals surface area contributed by atoms with Gasteiger partial charge in [-0.1, -0.05) is 0 Å². The summed E-state index contributed by atoms with van der Waals surface area (Å²) >= 11 is 0. The molecule has 6 nitrogen and oxygen atoms in total. The summed E-state index contributed by atoms with van der Waals surface area (Å²) in [5, 5.41) is 0. The Balaban J connectivity index is 2.44. The van der Waals surface area contributed by atoms with Crippen LogP contribution in [0.15, 0.2) is 30.3 Å². The maximum atomic E-state index is 12.1. The van der Waals surface area contributed by atoms with E-state index < -0.39 is 15.9 Å². The van der Waals surface area contributed by atoms with Crippen LogP contribution < -0.4 is 9.46 Å². The minimum absolute atomic E-state index is 0.332. The lowest BCUT2D eigenvalue weighted by Gasteiger charge is -2.10. The quantitative estimate of drug-likeness (QED) is 0.931. The molecule has 0 radical (unpaired) electrons. The molecule has 1 heterocycles. The van der Waals surface area contributed by atoms with Gasteiger partial charge in [0.05, 0.1) is 18.9 Å². The standard InChI is InChI=1S/C15H18N2O4S/c1-10-9-14(15(18)16-22(4,19)20)11(2)17(10)12-5-7-13(21-3)8-6-12/h5-9H,1-4H3,(H,16,18). The number of benzene rings is 1. The predicted octanol–water partition coefficient (Wildman–Crippen LogP) is 1.79. The van der Waals surface area contributed by atoms with E-state index in [4.69, 9.17) is 4.74 Å². The number of rotatable bonds is 4. The van der Waals surface area contributed by atoms with Gasteiger partial charge in [0.15, 0.2) is 0 Å². The highest BCUT2D eigenvalue weighted by Crippen LogP contribution is 2.22. The molecule has 0 saturated carbocycles. The van der Waals surface area contributed by atoms with Gasteiger partial charge in [-0.05, 0) is 44.2 Å². The molecule has 0 aliphatic carbocycles. The van der Waals surface area contributed by atoms with Crippen molar-refractivity contribution in [2.75, 3.05) is 13.4 Å². The fraction of sp³-hybridized carbons (Fsp3) is 0.267. The van der Waals surface area contributed by atoms with E-state index >= 15 is 0 Å². The lowest BCUT2D eigenvalue weighted by Crippen LogP contribution is -2.29. The summed E-state index contributed by atoms with van der Waals surface area (Å²) in [7, 11) is -2.00. The molecule has 7 heteroatoms. The molecule has 0 spiro atoms. The van der Waals surface area contributed by atoms with Gasteiger partial charge in [0.25, 0.3) is 5.91 Å². The highest BCUT2D eigenvalue weighted by atomic mass is 32.2. The van der Waals surface area contributed by atoms with Crippen molar-refractivity contribution in [3.8, 4) is 11.4 Å². The SMILES string of the molecule is COc1ccc(-n2c(C)cc(C(=O)NS(C)(=O)=O)c2C)cc1. The number of ether oxygens (including phenoxy) is 1. The lowest BCUT2D eigenvalue weighted by atomic mass is 10.2. The Morgan fingerprint density at radius 3 is 2.27 bits per heavy atom. The number of carbonyl (C=O) groups excluding carboxylic acids is 1. The Hall–Kier alpha value is -2.28. The van der Waals surface area contributed by atoms with Crippen molar-refractivity contribution in [3.63, 3.8) is 0 Å². The summed E-state index contributed by atoms with van der Waals surface area (Å²) in [5.74, 6) is 0.108. The molecule has 1 aromatic heterocycles. The van der Waals surface area contributed by atoms with Gasteiger partial charge in [-0.3, -0.25) is 4.79 Å². The number of aromatic nitrogens is 1. The van der Waals surface area contributed by atoms with E-state index in [0.29, 0.717) is 11.3 Å². The van der Waals surface area contributed by atoms with Crippen molar-refractivity contribution >= 4 is 15.9 Å². The van der Waals surface area contributed by atoms with Crippen LogP contribution in [-0.4, -0.2) is 32.3 Å². The van der Waals surface area contributed by atoms with Crippen LogP contribution in [0.2, 0.25) is 0 Å². The van der Waals surface area contributed by atoms with Crippen LogP contribution in [0.3, 0.4) is 0 Å². The van der Waals surface area contributed by atoms with Gasteiger partial charge in [-0.2, -0.15) is 0 Å². The molecule has 1 amide bonds. The smallest absolute Gasteiger partial charge is 0.266 e. The summed E-state index contributed by atoms with van der Waals surface area (Å²) in [4.78, 5) is 12.1. The summed E-state index contributed by atoms with van der Waals surface area (Å²) < 4.78 is 31.4. The number of hydrogen-bond donors (Lipinski definition) is 1. The maximum Gasteiger partial charge on any atom is 0.266 e. The van der Waals surface area contributed by atoms with Crippen LogP contribution in [0.4, 0.5) is 0 Å². The highest BCUT2D eigenvalue weighted by molar-refractivity contribution is 7.89. The molecule has 0 aliphatic rings. The van der Waals surface area contributed by atoms with Crippen LogP contribution >= 0.6 is 0 Å². The summed E-state index contributed by atoms with van der Waals surface area (Å²) in [6.45, 7) is 3.63. The largest absolute Gasteiger partial charge is 0.497 e. The van der Waals surface area contributed by atoms with E-state index in [9.17, 15) is 13.2 Å². The minimum Gasteiger partial charge on any atom is -0.497 e. The Morgan fingerprint density at radius 1 is 1.18 bits per heavy atom. The highest BCUT2D eigenvalue weighted by Gasteiger charge is 2.19. The van der Waals surface area contributed by atoms with Crippen LogP contribution in [0.1, 0.15) is 21.7 Å². The average Bonchev–Trinajstić information content (AvgIpc) is 2.72. The first kappa shape index (κ1) is 16.1. The first-order valence-corrected chi connectivity index (χ1v) is 8.47. The van der Waals surface area contributed by atoms with Gasteiger partial charge >= 0.3 is 0 Å². The van der Waals surface area contributed by atoms with Gasteiger partial charge in [-0.25, -0.2) is 13.1 Å². The Kier molecular flexibility index (Phi) is 4.27. The second-order valence-electron chi connectivity index (χ2n) is 5.02. The fourth-order valence-electron chi connectivity index (χ4n) is 2.34. The lowest BCUT2D eigenvalue weighted by molar-refractivity contribution is 0.0981. The molecule has 22 heavy (non-hydrogen) atoms. The normalized spacial score (nSPS) is 11.3. The molecular formula is C15H18N2O4S. The maximum absolute atomic E-state index is 12.1. The van der Waals surface area contributed by atoms with E-state index in [1.165, 1.54) is 0 Å². The summed E-state index contributed by atoms with van der Waals surface area (Å²) in [6.07, 6.45) is 0.952. The van der Waals surface area contributed by atoms with E-state index in [-0.39, 0.29) is 0 Å². The molecule has 0 saturated heterocycles. The van der Waals surface area contributed by atoms with Gasteiger partial charge < -0.3 is 9.30 Å².